The van der Waals surface area contributed by atoms with Crippen molar-refractivity contribution in [2.75, 3.05) is 36.1 Å². The van der Waals surface area contributed by atoms with Crippen LogP contribution in [0.3, 0.4) is 0 Å². The number of piperidine rings is 1. The maximum Gasteiger partial charge on any atom is 0.213 e. The molecule has 30 heavy (non-hydrogen) atoms. The Labute approximate surface area is 179 Å². The van der Waals surface area contributed by atoms with Gasteiger partial charge in [-0.05, 0) is 25.8 Å². The van der Waals surface area contributed by atoms with Crippen LogP contribution >= 0.6 is 11.6 Å². The van der Waals surface area contributed by atoms with Gasteiger partial charge in [0.1, 0.15) is 11.6 Å². The summed E-state index contributed by atoms with van der Waals surface area (Å²) in [5, 5.41) is 0.341. The highest BCUT2D eigenvalue weighted by Gasteiger charge is 2.47. The van der Waals surface area contributed by atoms with E-state index in [2.05, 4.69) is 21.8 Å². The lowest BCUT2D eigenvalue weighted by atomic mass is 9.73. The first-order valence-corrected chi connectivity index (χ1v) is 10.4. The molecule has 2 atom stereocenters. The SMILES string of the molecule is CC1OCC2(CCN(c3nc(N)c(-c4ccnc(N)c4Cl)c4nccn34)CC2)C1N. The second kappa shape index (κ2) is 6.97. The molecule has 0 bridgehead atoms. The third-order valence-corrected chi connectivity index (χ3v) is 7.03. The summed E-state index contributed by atoms with van der Waals surface area (Å²) in [6.45, 7) is 4.43. The molecule has 0 aliphatic carbocycles. The Morgan fingerprint density at radius 2 is 1.93 bits per heavy atom. The number of imidazole rings is 1. The van der Waals surface area contributed by atoms with Gasteiger partial charge in [0.2, 0.25) is 5.95 Å². The highest BCUT2D eigenvalue weighted by Crippen LogP contribution is 2.43. The Hall–Kier alpha value is -2.62. The number of nitrogens with two attached hydrogens (primary N) is 3. The predicted octanol–water partition coefficient (Wildman–Crippen LogP) is 1.94. The first-order chi connectivity index (χ1) is 14.4. The Balaban J connectivity index is 1.52. The van der Waals surface area contributed by atoms with Gasteiger partial charge in [0.25, 0.3) is 0 Å². The lowest BCUT2D eigenvalue weighted by molar-refractivity contribution is 0.0973. The fraction of sp³-hybridized carbons (Fsp3) is 0.450. The summed E-state index contributed by atoms with van der Waals surface area (Å²) in [7, 11) is 0. The van der Waals surface area contributed by atoms with E-state index in [0.29, 0.717) is 27.6 Å². The summed E-state index contributed by atoms with van der Waals surface area (Å²) in [6.07, 6.45) is 7.21. The molecule has 0 radical (unpaired) electrons. The van der Waals surface area contributed by atoms with Crippen molar-refractivity contribution in [2.45, 2.75) is 31.9 Å². The Kier molecular flexibility index (Phi) is 4.49. The van der Waals surface area contributed by atoms with E-state index < -0.39 is 0 Å². The van der Waals surface area contributed by atoms with Gasteiger partial charge in [0.05, 0.1) is 23.3 Å². The Bertz CT molecular complexity index is 1110. The van der Waals surface area contributed by atoms with Crippen molar-refractivity contribution in [3.8, 4) is 11.1 Å². The average molecular weight is 429 g/mol. The van der Waals surface area contributed by atoms with E-state index in [4.69, 9.17) is 38.5 Å². The molecule has 10 heteroatoms. The van der Waals surface area contributed by atoms with E-state index in [-0.39, 0.29) is 23.4 Å². The molecule has 6 N–H and O–H groups in total. The van der Waals surface area contributed by atoms with E-state index in [1.165, 1.54) is 0 Å². The summed E-state index contributed by atoms with van der Waals surface area (Å²) in [6, 6.07) is 1.83. The average Bonchev–Trinajstić information content (AvgIpc) is 3.32. The molecule has 2 fully saturated rings. The van der Waals surface area contributed by atoms with Crippen molar-refractivity contribution < 1.29 is 4.74 Å². The van der Waals surface area contributed by atoms with Crippen molar-refractivity contribution in [2.24, 2.45) is 11.1 Å². The van der Waals surface area contributed by atoms with E-state index in [0.717, 1.165) is 38.5 Å². The number of hydrogen-bond donors (Lipinski definition) is 3. The van der Waals surface area contributed by atoms with Crippen LogP contribution in [0.4, 0.5) is 17.6 Å². The van der Waals surface area contributed by atoms with Gasteiger partial charge in [0.15, 0.2) is 5.65 Å². The molecular formula is C20H25ClN8O. The molecule has 2 saturated heterocycles. The zero-order valence-electron chi connectivity index (χ0n) is 16.8. The van der Waals surface area contributed by atoms with E-state index >= 15 is 0 Å². The van der Waals surface area contributed by atoms with Crippen molar-refractivity contribution in [3.05, 3.63) is 29.7 Å². The minimum absolute atomic E-state index is 0.0392. The molecule has 2 unspecified atom stereocenters. The van der Waals surface area contributed by atoms with Crippen molar-refractivity contribution in [1.82, 2.24) is 19.4 Å². The molecule has 9 nitrogen and oxygen atoms in total. The van der Waals surface area contributed by atoms with Crippen LogP contribution in [0.15, 0.2) is 24.7 Å². The predicted molar refractivity (Wildman–Crippen MR) is 117 cm³/mol. The summed E-state index contributed by atoms with van der Waals surface area (Å²) in [5.41, 5.74) is 20.8. The number of ether oxygens (including phenoxy) is 1. The normalized spacial score (nSPS) is 23.5. The summed E-state index contributed by atoms with van der Waals surface area (Å²) in [4.78, 5) is 15.5. The number of hydrogen-bond acceptors (Lipinski definition) is 8. The van der Waals surface area contributed by atoms with Crippen LogP contribution < -0.4 is 22.1 Å². The fourth-order valence-corrected chi connectivity index (χ4v) is 4.95. The molecule has 158 valence electrons. The molecule has 0 amide bonds. The first kappa shape index (κ1) is 19.3. The van der Waals surface area contributed by atoms with E-state index in [1.54, 1.807) is 18.5 Å². The second-order valence-corrected chi connectivity index (χ2v) is 8.62. The van der Waals surface area contributed by atoms with Crippen LogP contribution in [-0.2, 0) is 4.74 Å². The lowest BCUT2D eigenvalue weighted by Gasteiger charge is -2.41. The lowest BCUT2D eigenvalue weighted by Crippen LogP contribution is -2.51. The van der Waals surface area contributed by atoms with Crippen LogP contribution in [0, 0.1) is 5.41 Å². The van der Waals surface area contributed by atoms with Gasteiger partial charge in [0, 0.05) is 48.7 Å². The molecule has 0 aromatic carbocycles. The third kappa shape index (κ3) is 2.80. The minimum atomic E-state index is 0.0392. The number of nitrogens with zero attached hydrogens (tertiary/aromatic N) is 5. The Morgan fingerprint density at radius 1 is 1.17 bits per heavy atom. The van der Waals surface area contributed by atoms with Crippen LogP contribution in [0.5, 0.6) is 0 Å². The van der Waals surface area contributed by atoms with Crippen LogP contribution in [0.2, 0.25) is 5.02 Å². The molecule has 2 aliphatic heterocycles. The van der Waals surface area contributed by atoms with Crippen LogP contribution in [0.25, 0.3) is 16.8 Å². The van der Waals surface area contributed by atoms with Gasteiger partial charge in [-0.1, -0.05) is 11.6 Å². The van der Waals surface area contributed by atoms with Gasteiger partial charge in [-0.3, -0.25) is 4.40 Å². The highest BCUT2D eigenvalue weighted by atomic mass is 35.5. The van der Waals surface area contributed by atoms with Gasteiger partial charge in [-0.2, -0.15) is 4.98 Å². The zero-order valence-corrected chi connectivity index (χ0v) is 17.5. The number of nitrogen functional groups attached to an aromatic ring is 2. The molecule has 3 aromatic heterocycles. The van der Waals surface area contributed by atoms with Gasteiger partial charge in [-0.15, -0.1) is 0 Å². The standard InChI is InChI=1S/C20H25ClN8O/c1-11-15(22)20(10-30-11)3-7-28(8-4-20)19-27-16(23)13(18-26-6-9-29(18)19)12-2-5-25-17(24)14(12)21/h2,5-6,9,11,15H,3-4,7-8,10,22-23H2,1H3,(H2,24,25). The quantitative estimate of drug-likeness (QED) is 0.563. The van der Waals surface area contributed by atoms with Crippen molar-refractivity contribution in [3.63, 3.8) is 0 Å². The monoisotopic (exact) mass is 428 g/mol. The number of fused-ring (bicyclic) bond motifs is 1. The number of rotatable bonds is 2. The minimum Gasteiger partial charge on any atom is -0.383 e. The molecular weight excluding hydrogens is 404 g/mol. The number of pyridine rings is 1. The number of halogens is 1. The summed E-state index contributed by atoms with van der Waals surface area (Å²) >= 11 is 6.41. The highest BCUT2D eigenvalue weighted by molar-refractivity contribution is 6.35. The van der Waals surface area contributed by atoms with E-state index in [1.807, 2.05) is 10.6 Å². The molecule has 5 rings (SSSR count). The molecule has 5 heterocycles. The van der Waals surface area contributed by atoms with Crippen LogP contribution in [-0.4, -0.2) is 51.2 Å². The van der Waals surface area contributed by atoms with Crippen LogP contribution in [0.1, 0.15) is 19.8 Å². The van der Waals surface area contributed by atoms with Gasteiger partial charge < -0.3 is 26.8 Å². The summed E-state index contributed by atoms with van der Waals surface area (Å²) < 4.78 is 7.79. The van der Waals surface area contributed by atoms with Gasteiger partial charge in [-0.25, -0.2) is 9.97 Å². The van der Waals surface area contributed by atoms with Crippen molar-refractivity contribution in [1.29, 1.82) is 0 Å². The zero-order chi connectivity index (χ0) is 21.0. The second-order valence-electron chi connectivity index (χ2n) is 8.24. The largest absolute Gasteiger partial charge is 0.383 e. The maximum absolute atomic E-state index is 6.46. The molecule has 0 saturated carbocycles. The topological polar surface area (TPSA) is 134 Å². The smallest absolute Gasteiger partial charge is 0.213 e. The Morgan fingerprint density at radius 3 is 2.63 bits per heavy atom. The number of aromatic nitrogens is 4. The maximum atomic E-state index is 6.46. The summed E-state index contributed by atoms with van der Waals surface area (Å²) in [5.74, 6) is 1.36. The fourth-order valence-electron chi connectivity index (χ4n) is 4.74. The molecule has 2 aliphatic rings. The van der Waals surface area contributed by atoms with E-state index in [9.17, 15) is 0 Å². The molecule has 3 aromatic rings. The van der Waals surface area contributed by atoms with Crippen molar-refractivity contribution >= 4 is 34.8 Å². The first-order valence-electron chi connectivity index (χ1n) is 10.1. The third-order valence-electron chi connectivity index (χ3n) is 6.63. The number of anilines is 3. The molecule has 1 spiro atoms. The van der Waals surface area contributed by atoms with Gasteiger partial charge >= 0.3 is 0 Å².